The van der Waals surface area contributed by atoms with Crippen molar-refractivity contribution in [3.05, 3.63) is 22.4 Å². The zero-order valence-corrected chi connectivity index (χ0v) is 12.2. The number of nitrogens with one attached hydrogen (secondary N) is 1. The Kier molecular flexibility index (Phi) is 3.73. The van der Waals surface area contributed by atoms with Crippen LogP contribution in [0.5, 0.6) is 0 Å². The van der Waals surface area contributed by atoms with E-state index in [4.69, 9.17) is 0 Å². The fourth-order valence-electron chi connectivity index (χ4n) is 3.72. The van der Waals surface area contributed by atoms with Crippen LogP contribution < -0.4 is 5.32 Å². The summed E-state index contributed by atoms with van der Waals surface area (Å²) in [6.07, 6.45) is 4.36. The lowest BCUT2D eigenvalue weighted by Gasteiger charge is -2.29. The van der Waals surface area contributed by atoms with E-state index >= 15 is 0 Å². The highest BCUT2D eigenvalue weighted by molar-refractivity contribution is 7.10. The van der Waals surface area contributed by atoms with Crippen LogP contribution in [-0.2, 0) is 0 Å². The quantitative estimate of drug-likeness (QED) is 0.899. The molecule has 1 aliphatic heterocycles. The van der Waals surface area contributed by atoms with Gasteiger partial charge in [0, 0.05) is 23.5 Å². The van der Waals surface area contributed by atoms with Gasteiger partial charge in [-0.05, 0) is 56.6 Å². The Labute approximate surface area is 114 Å². The second-order valence-corrected chi connectivity index (χ2v) is 6.98. The van der Waals surface area contributed by atoms with Crippen LogP contribution in [0.15, 0.2) is 17.5 Å². The molecule has 0 aromatic carbocycles. The van der Waals surface area contributed by atoms with Crippen LogP contribution in [0.25, 0.3) is 0 Å². The SMILES string of the molecule is CC(c1cccs1)N(C)CC1NCC2CCCC21. The van der Waals surface area contributed by atoms with E-state index in [1.165, 1.54) is 37.2 Å². The third kappa shape index (κ3) is 2.36. The molecule has 0 bridgehead atoms. The number of nitrogens with zero attached hydrogens (tertiary/aromatic N) is 1. The standard InChI is InChI=1S/C15H24N2S/c1-11(15-7-4-8-18-15)17(2)10-14-13-6-3-5-12(13)9-16-14/h4,7-8,11-14,16H,3,5-6,9-10H2,1-2H3. The van der Waals surface area contributed by atoms with Crippen molar-refractivity contribution < 1.29 is 0 Å². The van der Waals surface area contributed by atoms with Crippen molar-refractivity contribution >= 4 is 11.3 Å². The monoisotopic (exact) mass is 264 g/mol. The van der Waals surface area contributed by atoms with E-state index < -0.39 is 0 Å². The van der Waals surface area contributed by atoms with Crippen LogP contribution >= 0.6 is 11.3 Å². The van der Waals surface area contributed by atoms with Gasteiger partial charge in [-0.3, -0.25) is 4.90 Å². The zero-order valence-electron chi connectivity index (χ0n) is 11.4. The van der Waals surface area contributed by atoms with Crippen molar-refractivity contribution in [1.82, 2.24) is 10.2 Å². The van der Waals surface area contributed by atoms with E-state index in [0.29, 0.717) is 6.04 Å². The topological polar surface area (TPSA) is 15.3 Å². The summed E-state index contributed by atoms with van der Waals surface area (Å²) in [6.45, 7) is 4.78. The molecule has 4 unspecified atom stereocenters. The molecular formula is C15H24N2S. The molecule has 3 rings (SSSR count). The molecule has 0 spiro atoms. The normalized spacial score (nSPS) is 32.9. The summed E-state index contributed by atoms with van der Waals surface area (Å²) in [7, 11) is 2.27. The third-order valence-corrected chi connectivity index (χ3v) is 6.02. The Morgan fingerprint density at radius 2 is 2.39 bits per heavy atom. The lowest BCUT2D eigenvalue weighted by molar-refractivity contribution is 0.218. The predicted octanol–water partition coefficient (Wildman–Crippen LogP) is 3.13. The Bertz CT molecular complexity index is 376. The number of likely N-dealkylation sites (N-methyl/N-ethyl adjacent to an activating group) is 1. The van der Waals surface area contributed by atoms with Crippen molar-refractivity contribution in [3.8, 4) is 0 Å². The van der Waals surface area contributed by atoms with Gasteiger partial charge >= 0.3 is 0 Å². The van der Waals surface area contributed by atoms with Gasteiger partial charge in [0.25, 0.3) is 0 Å². The number of thiophene rings is 1. The maximum absolute atomic E-state index is 3.75. The Hall–Kier alpha value is -0.380. The summed E-state index contributed by atoms with van der Waals surface area (Å²) in [5.41, 5.74) is 0. The van der Waals surface area contributed by atoms with Gasteiger partial charge < -0.3 is 5.32 Å². The molecule has 2 heterocycles. The minimum absolute atomic E-state index is 0.548. The summed E-state index contributed by atoms with van der Waals surface area (Å²) in [6, 6.07) is 5.69. The van der Waals surface area contributed by atoms with E-state index in [0.717, 1.165) is 17.9 Å². The largest absolute Gasteiger partial charge is 0.312 e. The first kappa shape index (κ1) is 12.6. The van der Waals surface area contributed by atoms with Gasteiger partial charge in [-0.1, -0.05) is 12.5 Å². The first-order valence-electron chi connectivity index (χ1n) is 7.22. The molecule has 2 nitrogen and oxygen atoms in total. The summed E-state index contributed by atoms with van der Waals surface area (Å²) in [5.74, 6) is 1.92. The fraction of sp³-hybridized carbons (Fsp3) is 0.733. The molecule has 0 radical (unpaired) electrons. The highest BCUT2D eigenvalue weighted by Crippen LogP contribution is 2.38. The molecule has 18 heavy (non-hydrogen) atoms. The fourth-order valence-corrected chi connectivity index (χ4v) is 4.57. The first-order chi connectivity index (χ1) is 8.75. The van der Waals surface area contributed by atoms with Crippen LogP contribution in [-0.4, -0.2) is 31.1 Å². The van der Waals surface area contributed by atoms with Crippen molar-refractivity contribution in [2.24, 2.45) is 11.8 Å². The first-order valence-corrected chi connectivity index (χ1v) is 8.10. The summed E-state index contributed by atoms with van der Waals surface area (Å²) >= 11 is 1.87. The number of rotatable bonds is 4. The summed E-state index contributed by atoms with van der Waals surface area (Å²) < 4.78 is 0. The van der Waals surface area contributed by atoms with Crippen molar-refractivity contribution in [1.29, 1.82) is 0 Å². The summed E-state index contributed by atoms with van der Waals surface area (Å²) in [5, 5.41) is 5.93. The molecule has 3 heteroatoms. The molecule has 100 valence electrons. The maximum Gasteiger partial charge on any atom is 0.0410 e. The molecule has 1 saturated carbocycles. The van der Waals surface area contributed by atoms with Gasteiger partial charge in [0.15, 0.2) is 0 Å². The van der Waals surface area contributed by atoms with E-state index in [-0.39, 0.29) is 0 Å². The van der Waals surface area contributed by atoms with Crippen LogP contribution in [0, 0.1) is 11.8 Å². The smallest absolute Gasteiger partial charge is 0.0410 e. The number of fused-ring (bicyclic) bond motifs is 1. The highest BCUT2D eigenvalue weighted by Gasteiger charge is 2.39. The van der Waals surface area contributed by atoms with E-state index in [9.17, 15) is 0 Å². The Morgan fingerprint density at radius 1 is 1.50 bits per heavy atom. The van der Waals surface area contributed by atoms with Gasteiger partial charge in [0.1, 0.15) is 0 Å². The van der Waals surface area contributed by atoms with Crippen molar-refractivity contribution in [2.75, 3.05) is 20.1 Å². The molecule has 1 aromatic heterocycles. The van der Waals surface area contributed by atoms with Gasteiger partial charge in [-0.2, -0.15) is 0 Å². The second-order valence-electron chi connectivity index (χ2n) is 6.00. The Morgan fingerprint density at radius 3 is 3.17 bits per heavy atom. The zero-order chi connectivity index (χ0) is 12.5. The Balaban J connectivity index is 1.59. The minimum atomic E-state index is 0.548. The van der Waals surface area contributed by atoms with Gasteiger partial charge in [-0.15, -0.1) is 11.3 Å². The van der Waals surface area contributed by atoms with Gasteiger partial charge in [0.2, 0.25) is 0 Å². The van der Waals surface area contributed by atoms with Crippen molar-refractivity contribution in [3.63, 3.8) is 0 Å². The lowest BCUT2D eigenvalue weighted by Crippen LogP contribution is -2.39. The van der Waals surface area contributed by atoms with Crippen LogP contribution in [0.2, 0.25) is 0 Å². The van der Waals surface area contributed by atoms with Gasteiger partial charge in [0.05, 0.1) is 0 Å². The average Bonchev–Trinajstić information content (AvgIpc) is 3.06. The molecule has 4 atom stereocenters. The minimum Gasteiger partial charge on any atom is -0.312 e. The maximum atomic E-state index is 3.75. The molecule has 1 saturated heterocycles. The molecule has 1 aromatic rings. The molecule has 2 aliphatic rings. The van der Waals surface area contributed by atoms with E-state index in [1.54, 1.807) is 0 Å². The van der Waals surface area contributed by atoms with Crippen LogP contribution in [0.1, 0.15) is 37.1 Å². The molecular weight excluding hydrogens is 240 g/mol. The van der Waals surface area contributed by atoms with E-state index in [1.807, 2.05) is 11.3 Å². The predicted molar refractivity (Wildman–Crippen MR) is 78.0 cm³/mol. The average molecular weight is 264 g/mol. The van der Waals surface area contributed by atoms with Crippen LogP contribution in [0.4, 0.5) is 0 Å². The molecule has 2 fully saturated rings. The third-order valence-electron chi connectivity index (χ3n) is 4.98. The summed E-state index contributed by atoms with van der Waals surface area (Å²) in [4.78, 5) is 4.00. The molecule has 0 amide bonds. The molecule has 1 aliphatic carbocycles. The number of hydrogen-bond donors (Lipinski definition) is 1. The van der Waals surface area contributed by atoms with Crippen molar-refractivity contribution in [2.45, 2.75) is 38.3 Å². The van der Waals surface area contributed by atoms with E-state index in [2.05, 4.69) is 41.7 Å². The second kappa shape index (κ2) is 5.32. The van der Waals surface area contributed by atoms with Gasteiger partial charge in [-0.25, -0.2) is 0 Å². The molecule has 1 N–H and O–H groups in total. The number of hydrogen-bond acceptors (Lipinski definition) is 3. The highest BCUT2D eigenvalue weighted by atomic mass is 32.1. The van der Waals surface area contributed by atoms with Crippen LogP contribution in [0.3, 0.4) is 0 Å². The lowest BCUT2D eigenvalue weighted by atomic mass is 9.93.